The standard InChI is InChI=1S/C18H17Cl2NO5/c1-9-4-10(2)16(12(19)5-9)26-8-15(22)21-14-7-11(18(23)24)6-13(20)17(14)25-3/h4-7H,8H2,1-3H3,(H,21,22)(H,23,24). The van der Waals surface area contributed by atoms with Crippen LogP contribution in [-0.2, 0) is 4.79 Å². The van der Waals surface area contributed by atoms with Crippen LogP contribution in [0.25, 0.3) is 0 Å². The highest BCUT2D eigenvalue weighted by Gasteiger charge is 2.17. The molecule has 2 rings (SSSR count). The zero-order valence-corrected chi connectivity index (χ0v) is 15.9. The summed E-state index contributed by atoms with van der Waals surface area (Å²) in [5, 5.41) is 12.1. The van der Waals surface area contributed by atoms with E-state index in [2.05, 4.69) is 5.32 Å². The molecule has 0 spiro atoms. The first-order valence-corrected chi connectivity index (χ1v) is 8.28. The van der Waals surface area contributed by atoms with E-state index < -0.39 is 11.9 Å². The second kappa shape index (κ2) is 8.29. The highest BCUT2D eigenvalue weighted by atomic mass is 35.5. The van der Waals surface area contributed by atoms with Gasteiger partial charge in [-0.1, -0.05) is 29.3 Å². The van der Waals surface area contributed by atoms with Gasteiger partial charge in [0, 0.05) is 0 Å². The summed E-state index contributed by atoms with van der Waals surface area (Å²) in [5.41, 5.74) is 1.84. The van der Waals surface area contributed by atoms with E-state index in [9.17, 15) is 9.59 Å². The maximum absolute atomic E-state index is 12.2. The molecule has 0 aliphatic heterocycles. The van der Waals surface area contributed by atoms with Gasteiger partial charge in [0.05, 0.1) is 28.4 Å². The molecule has 0 heterocycles. The Balaban J connectivity index is 2.17. The van der Waals surface area contributed by atoms with Crippen molar-refractivity contribution in [3.05, 3.63) is 51.0 Å². The van der Waals surface area contributed by atoms with E-state index in [1.54, 1.807) is 6.07 Å². The van der Waals surface area contributed by atoms with E-state index in [4.69, 9.17) is 37.8 Å². The molecule has 0 saturated heterocycles. The van der Waals surface area contributed by atoms with Crippen molar-refractivity contribution < 1.29 is 24.2 Å². The Morgan fingerprint density at radius 1 is 1.08 bits per heavy atom. The van der Waals surface area contributed by atoms with Gasteiger partial charge in [-0.3, -0.25) is 4.79 Å². The van der Waals surface area contributed by atoms with Gasteiger partial charge in [0.1, 0.15) is 5.75 Å². The Hall–Kier alpha value is -2.44. The second-order valence-corrected chi connectivity index (χ2v) is 6.39. The summed E-state index contributed by atoms with van der Waals surface area (Å²) in [6.45, 7) is 3.41. The van der Waals surface area contributed by atoms with Crippen molar-refractivity contribution in [2.45, 2.75) is 13.8 Å². The fraction of sp³-hybridized carbons (Fsp3) is 0.222. The summed E-state index contributed by atoms with van der Waals surface area (Å²) in [4.78, 5) is 23.4. The highest BCUT2D eigenvalue weighted by Crippen LogP contribution is 2.34. The third-order valence-corrected chi connectivity index (χ3v) is 4.05. The van der Waals surface area contributed by atoms with Crippen LogP contribution in [0.2, 0.25) is 10.0 Å². The number of nitrogens with one attached hydrogen (secondary N) is 1. The van der Waals surface area contributed by atoms with Crippen molar-refractivity contribution in [2.24, 2.45) is 0 Å². The number of halogens is 2. The molecule has 1 amide bonds. The predicted octanol–water partition coefficient (Wildman–Crippen LogP) is 4.33. The van der Waals surface area contributed by atoms with Gasteiger partial charge < -0.3 is 19.9 Å². The minimum absolute atomic E-state index is 0.0704. The Bertz CT molecular complexity index is 844. The molecule has 0 bridgehead atoms. The number of ether oxygens (including phenoxy) is 2. The van der Waals surface area contributed by atoms with E-state index >= 15 is 0 Å². The first-order chi connectivity index (χ1) is 12.2. The van der Waals surface area contributed by atoms with E-state index in [1.165, 1.54) is 19.2 Å². The minimum atomic E-state index is -1.18. The van der Waals surface area contributed by atoms with Crippen LogP contribution in [0.4, 0.5) is 5.69 Å². The lowest BCUT2D eigenvalue weighted by Gasteiger charge is -2.14. The number of rotatable bonds is 6. The largest absolute Gasteiger partial charge is 0.493 e. The maximum Gasteiger partial charge on any atom is 0.335 e. The van der Waals surface area contributed by atoms with Crippen LogP contribution in [0, 0.1) is 13.8 Å². The number of aromatic carboxylic acids is 1. The average molecular weight is 398 g/mol. The van der Waals surface area contributed by atoms with Crippen molar-refractivity contribution in [2.75, 3.05) is 19.0 Å². The lowest BCUT2D eigenvalue weighted by molar-refractivity contribution is -0.118. The zero-order valence-electron chi connectivity index (χ0n) is 14.4. The van der Waals surface area contributed by atoms with E-state index in [0.29, 0.717) is 10.8 Å². The number of carbonyl (C=O) groups excluding carboxylic acids is 1. The predicted molar refractivity (Wildman–Crippen MR) is 100 cm³/mol. The molecule has 0 aliphatic carbocycles. The summed E-state index contributed by atoms with van der Waals surface area (Å²) in [5.74, 6) is -1.12. The molecule has 26 heavy (non-hydrogen) atoms. The third-order valence-electron chi connectivity index (χ3n) is 3.49. The quantitative estimate of drug-likeness (QED) is 0.757. The maximum atomic E-state index is 12.2. The lowest BCUT2D eigenvalue weighted by Crippen LogP contribution is -2.21. The molecule has 0 atom stereocenters. The molecule has 0 aromatic heterocycles. The molecule has 0 saturated carbocycles. The third kappa shape index (κ3) is 4.59. The van der Waals surface area contributed by atoms with Gasteiger partial charge in [0.15, 0.2) is 12.4 Å². The smallest absolute Gasteiger partial charge is 0.335 e. The zero-order chi connectivity index (χ0) is 19.4. The molecule has 0 radical (unpaired) electrons. The van der Waals surface area contributed by atoms with Gasteiger partial charge in [-0.25, -0.2) is 4.79 Å². The number of hydrogen-bond acceptors (Lipinski definition) is 4. The van der Waals surface area contributed by atoms with Crippen LogP contribution in [0.15, 0.2) is 24.3 Å². The number of methoxy groups -OCH3 is 1. The topological polar surface area (TPSA) is 84.9 Å². The van der Waals surface area contributed by atoms with Crippen LogP contribution in [-0.4, -0.2) is 30.7 Å². The molecule has 0 aliphatic rings. The number of carbonyl (C=O) groups is 2. The number of hydrogen-bond donors (Lipinski definition) is 2. The van der Waals surface area contributed by atoms with E-state index in [-0.39, 0.29) is 28.6 Å². The molecule has 2 N–H and O–H groups in total. The molecular formula is C18H17Cl2NO5. The van der Waals surface area contributed by atoms with Crippen LogP contribution >= 0.6 is 23.2 Å². The molecule has 138 valence electrons. The van der Waals surface area contributed by atoms with Gasteiger partial charge in [-0.05, 0) is 43.2 Å². The fourth-order valence-electron chi connectivity index (χ4n) is 2.43. The van der Waals surface area contributed by atoms with Crippen molar-refractivity contribution in [1.29, 1.82) is 0 Å². The molecular weight excluding hydrogens is 381 g/mol. The van der Waals surface area contributed by atoms with Crippen molar-refractivity contribution in [3.8, 4) is 11.5 Å². The Labute approximate surface area is 160 Å². The highest BCUT2D eigenvalue weighted by molar-refractivity contribution is 6.33. The molecule has 8 heteroatoms. The summed E-state index contributed by atoms with van der Waals surface area (Å²) < 4.78 is 10.6. The van der Waals surface area contributed by atoms with Gasteiger partial charge >= 0.3 is 5.97 Å². The molecule has 2 aromatic carbocycles. The Morgan fingerprint density at radius 3 is 2.31 bits per heavy atom. The monoisotopic (exact) mass is 397 g/mol. The number of anilines is 1. The van der Waals surface area contributed by atoms with E-state index in [1.807, 2.05) is 19.9 Å². The first kappa shape index (κ1) is 19.9. The fourth-order valence-corrected chi connectivity index (χ4v) is 3.10. The molecule has 2 aromatic rings. The lowest BCUT2D eigenvalue weighted by atomic mass is 10.1. The summed E-state index contributed by atoms with van der Waals surface area (Å²) in [7, 11) is 1.36. The normalized spacial score (nSPS) is 10.3. The first-order valence-electron chi connectivity index (χ1n) is 7.53. The number of carboxylic acid groups (broad SMARTS) is 1. The summed E-state index contributed by atoms with van der Waals surface area (Å²) >= 11 is 12.1. The Morgan fingerprint density at radius 2 is 1.73 bits per heavy atom. The van der Waals surface area contributed by atoms with Crippen molar-refractivity contribution >= 4 is 40.8 Å². The molecule has 6 nitrogen and oxygen atoms in total. The number of benzene rings is 2. The van der Waals surface area contributed by atoms with Crippen LogP contribution in [0.5, 0.6) is 11.5 Å². The van der Waals surface area contributed by atoms with Crippen LogP contribution in [0.1, 0.15) is 21.5 Å². The van der Waals surface area contributed by atoms with Crippen LogP contribution in [0.3, 0.4) is 0 Å². The van der Waals surface area contributed by atoms with Gasteiger partial charge in [0.25, 0.3) is 5.91 Å². The average Bonchev–Trinajstić information content (AvgIpc) is 2.53. The van der Waals surface area contributed by atoms with E-state index in [0.717, 1.165) is 11.1 Å². The minimum Gasteiger partial charge on any atom is -0.493 e. The number of carboxylic acids is 1. The van der Waals surface area contributed by atoms with Crippen molar-refractivity contribution in [3.63, 3.8) is 0 Å². The Kier molecular flexibility index (Phi) is 6.34. The SMILES string of the molecule is COc1c(Cl)cc(C(=O)O)cc1NC(=O)COc1c(C)cc(C)cc1Cl. The molecule has 0 unspecified atom stereocenters. The second-order valence-electron chi connectivity index (χ2n) is 5.57. The van der Waals surface area contributed by atoms with Gasteiger partial charge in [-0.2, -0.15) is 0 Å². The number of amides is 1. The summed E-state index contributed by atoms with van der Waals surface area (Å²) in [6.07, 6.45) is 0. The molecule has 0 fully saturated rings. The summed E-state index contributed by atoms with van der Waals surface area (Å²) in [6, 6.07) is 6.12. The van der Waals surface area contributed by atoms with Crippen LogP contribution < -0.4 is 14.8 Å². The van der Waals surface area contributed by atoms with Gasteiger partial charge in [-0.15, -0.1) is 0 Å². The van der Waals surface area contributed by atoms with Gasteiger partial charge in [0.2, 0.25) is 0 Å². The van der Waals surface area contributed by atoms with Crippen molar-refractivity contribution in [1.82, 2.24) is 0 Å². The number of aryl methyl sites for hydroxylation is 2.